The molecule has 2 heterocycles. The lowest BCUT2D eigenvalue weighted by atomic mass is 10.1. The van der Waals surface area contributed by atoms with Crippen LogP contribution < -0.4 is 5.32 Å². The zero-order chi connectivity index (χ0) is 17.1. The zero-order valence-electron chi connectivity index (χ0n) is 13.5. The molecule has 2 fully saturated rings. The van der Waals surface area contributed by atoms with E-state index in [1.807, 2.05) is 0 Å². The Morgan fingerprint density at radius 3 is 2.44 bits per heavy atom. The fraction of sp³-hybridized carbons (Fsp3) is 0.500. The maximum atomic E-state index is 12.6. The summed E-state index contributed by atoms with van der Waals surface area (Å²) in [6, 6.07) is 5.01. The van der Waals surface area contributed by atoms with Gasteiger partial charge in [-0.05, 0) is 12.1 Å². The van der Waals surface area contributed by atoms with Crippen molar-refractivity contribution in [1.82, 2.24) is 15.1 Å². The van der Waals surface area contributed by atoms with Crippen molar-refractivity contribution in [2.24, 2.45) is 0 Å². The number of hydrogen-bond donors (Lipinski definition) is 1. The maximum Gasteiger partial charge on any atom is 0.255 e. The van der Waals surface area contributed by atoms with E-state index in [-0.39, 0.29) is 29.2 Å². The van der Waals surface area contributed by atoms with Crippen LogP contribution in [-0.4, -0.2) is 73.6 Å². The van der Waals surface area contributed by atoms with Crippen molar-refractivity contribution in [3.8, 4) is 0 Å². The van der Waals surface area contributed by atoms with Crippen LogP contribution in [0, 0.1) is 0 Å². The summed E-state index contributed by atoms with van der Waals surface area (Å²) in [6.45, 7) is 3.76. The van der Waals surface area contributed by atoms with Gasteiger partial charge < -0.3 is 19.9 Å². The fourth-order valence-corrected chi connectivity index (χ4v) is 3.28. The Bertz CT molecular complexity index is 630. The summed E-state index contributed by atoms with van der Waals surface area (Å²) in [5, 5.41) is 3.78. The van der Waals surface area contributed by atoms with E-state index in [2.05, 4.69) is 5.32 Å². The highest BCUT2D eigenvalue weighted by molar-refractivity contribution is 6.43. The quantitative estimate of drug-likeness (QED) is 0.809. The lowest BCUT2D eigenvalue weighted by Crippen LogP contribution is -2.56. The van der Waals surface area contributed by atoms with Gasteiger partial charge >= 0.3 is 0 Å². The van der Waals surface area contributed by atoms with Gasteiger partial charge in [-0.3, -0.25) is 9.59 Å². The lowest BCUT2D eigenvalue weighted by Gasteiger charge is -2.37. The number of carbonyl (C=O) groups is 2. The average molecular weight is 409 g/mol. The first kappa shape index (κ1) is 20.3. The molecule has 9 heteroatoms. The van der Waals surface area contributed by atoms with Gasteiger partial charge in [-0.2, -0.15) is 0 Å². The molecule has 2 saturated heterocycles. The first-order valence-electron chi connectivity index (χ1n) is 7.92. The minimum absolute atomic E-state index is 0. The Balaban J connectivity index is 0.00000225. The monoisotopic (exact) mass is 407 g/mol. The third-order valence-electron chi connectivity index (χ3n) is 4.26. The summed E-state index contributed by atoms with van der Waals surface area (Å²) in [5.41, 5.74) is 0.392. The number of nitrogens with one attached hydrogen (secondary N) is 1. The molecule has 6 nitrogen and oxygen atoms in total. The lowest BCUT2D eigenvalue weighted by molar-refractivity contribution is -0.146. The van der Waals surface area contributed by atoms with Crippen LogP contribution in [0.25, 0.3) is 0 Å². The standard InChI is InChI=1S/C16H19Cl2N3O3.ClH/c17-12-3-1-2-11(14(12)18)15(22)20-5-7-21(8-6-20)16(23)13-10-19-4-9-24-13;/h1-3,13,19H,4-10H2;1H. The molecular formula is C16H20Cl3N3O3. The van der Waals surface area contributed by atoms with Crippen LogP contribution in [0.5, 0.6) is 0 Å². The van der Waals surface area contributed by atoms with E-state index < -0.39 is 6.10 Å². The average Bonchev–Trinajstić information content (AvgIpc) is 2.64. The minimum Gasteiger partial charge on any atom is -0.366 e. The molecule has 1 aromatic rings. The molecule has 25 heavy (non-hydrogen) atoms. The van der Waals surface area contributed by atoms with Gasteiger partial charge in [0.1, 0.15) is 6.10 Å². The van der Waals surface area contributed by atoms with Crippen LogP contribution in [0.1, 0.15) is 10.4 Å². The van der Waals surface area contributed by atoms with Crippen molar-refractivity contribution in [2.45, 2.75) is 6.10 Å². The Kier molecular flexibility index (Phi) is 7.34. The predicted molar refractivity (Wildman–Crippen MR) is 98.8 cm³/mol. The van der Waals surface area contributed by atoms with Crippen molar-refractivity contribution >= 4 is 47.4 Å². The minimum atomic E-state index is -0.427. The first-order chi connectivity index (χ1) is 11.6. The predicted octanol–water partition coefficient (Wildman–Crippen LogP) is 1.69. The number of rotatable bonds is 2. The van der Waals surface area contributed by atoms with Crippen LogP contribution in [-0.2, 0) is 9.53 Å². The van der Waals surface area contributed by atoms with Gasteiger partial charge in [0.25, 0.3) is 11.8 Å². The van der Waals surface area contributed by atoms with Crippen LogP contribution in [0.4, 0.5) is 0 Å². The molecule has 0 aliphatic carbocycles. The maximum absolute atomic E-state index is 12.6. The van der Waals surface area contributed by atoms with Gasteiger partial charge in [-0.15, -0.1) is 12.4 Å². The summed E-state index contributed by atoms with van der Waals surface area (Å²) < 4.78 is 5.50. The Labute approximate surface area is 162 Å². The van der Waals surface area contributed by atoms with Crippen molar-refractivity contribution in [1.29, 1.82) is 0 Å². The van der Waals surface area contributed by atoms with Gasteiger partial charge in [-0.1, -0.05) is 29.3 Å². The second-order valence-electron chi connectivity index (χ2n) is 5.78. The van der Waals surface area contributed by atoms with Gasteiger partial charge in [0.05, 0.1) is 22.2 Å². The van der Waals surface area contributed by atoms with Gasteiger partial charge in [0.15, 0.2) is 0 Å². The van der Waals surface area contributed by atoms with E-state index in [4.69, 9.17) is 27.9 Å². The van der Waals surface area contributed by atoms with E-state index in [1.54, 1.807) is 28.0 Å². The topological polar surface area (TPSA) is 61.9 Å². The Hall–Kier alpha value is -1.05. The molecule has 2 aliphatic rings. The SMILES string of the molecule is Cl.O=C(c1cccc(Cl)c1Cl)N1CCN(C(=O)C2CNCCO2)CC1. The molecule has 3 rings (SSSR count). The first-order valence-corrected chi connectivity index (χ1v) is 8.68. The number of piperazine rings is 1. The smallest absolute Gasteiger partial charge is 0.255 e. The highest BCUT2D eigenvalue weighted by Gasteiger charge is 2.31. The van der Waals surface area contributed by atoms with Crippen molar-refractivity contribution in [3.63, 3.8) is 0 Å². The second-order valence-corrected chi connectivity index (χ2v) is 6.57. The van der Waals surface area contributed by atoms with Crippen LogP contribution in [0.3, 0.4) is 0 Å². The number of hydrogen-bond acceptors (Lipinski definition) is 4. The van der Waals surface area contributed by atoms with Crippen LogP contribution in [0.2, 0.25) is 10.0 Å². The third kappa shape index (κ3) is 4.57. The molecule has 0 aromatic heterocycles. The number of carbonyl (C=O) groups excluding carboxylic acids is 2. The number of halogens is 3. The molecule has 0 spiro atoms. The van der Waals surface area contributed by atoms with E-state index in [0.29, 0.717) is 49.9 Å². The summed E-state index contributed by atoms with van der Waals surface area (Å²) in [6.07, 6.45) is -0.427. The molecule has 2 amide bonds. The number of nitrogens with zero attached hydrogens (tertiary/aromatic N) is 2. The van der Waals surface area contributed by atoms with Crippen molar-refractivity contribution in [3.05, 3.63) is 33.8 Å². The molecule has 1 atom stereocenters. The number of amides is 2. The molecule has 1 aromatic carbocycles. The largest absolute Gasteiger partial charge is 0.366 e. The van der Waals surface area contributed by atoms with Crippen molar-refractivity contribution in [2.75, 3.05) is 45.9 Å². The molecule has 2 aliphatic heterocycles. The number of benzene rings is 1. The third-order valence-corrected chi connectivity index (χ3v) is 5.08. The molecular weight excluding hydrogens is 389 g/mol. The number of morpholine rings is 1. The molecule has 1 unspecified atom stereocenters. The fourth-order valence-electron chi connectivity index (χ4n) is 2.90. The molecule has 138 valence electrons. The Morgan fingerprint density at radius 2 is 1.80 bits per heavy atom. The van der Waals surface area contributed by atoms with Crippen LogP contribution >= 0.6 is 35.6 Å². The second kappa shape index (κ2) is 9.05. The van der Waals surface area contributed by atoms with Crippen LogP contribution in [0.15, 0.2) is 18.2 Å². The molecule has 0 saturated carbocycles. The van der Waals surface area contributed by atoms with E-state index >= 15 is 0 Å². The van der Waals surface area contributed by atoms with Gasteiger partial charge in [0, 0.05) is 39.3 Å². The summed E-state index contributed by atoms with van der Waals surface area (Å²) in [4.78, 5) is 28.5. The number of ether oxygens (including phenoxy) is 1. The van der Waals surface area contributed by atoms with E-state index in [9.17, 15) is 9.59 Å². The van der Waals surface area contributed by atoms with E-state index in [1.165, 1.54) is 0 Å². The zero-order valence-corrected chi connectivity index (χ0v) is 15.9. The summed E-state index contributed by atoms with van der Waals surface area (Å²) in [7, 11) is 0. The highest BCUT2D eigenvalue weighted by atomic mass is 35.5. The summed E-state index contributed by atoms with van der Waals surface area (Å²) in [5.74, 6) is -0.180. The Morgan fingerprint density at radius 1 is 1.12 bits per heavy atom. The molecule has 0 bridgehead atoms. The summed E-state index contributed by atoms with van der Waals surface area (Å²) >= 11 is 12.1. The normalized spacial score (nSPS) is 20.8. The molecule has 1 N–H and O–H groups in total. The molecule has 0 radical (unpaired) electrons. The van der Waals surface area contributed by atoms with Crippen molar-refractivity contribution < 1.29 is 14.3 Å². The highest BCUT2D eigenvalue weighted by Crippen LogP contribution is 2.26. The van der Waals surface area contributed by atoms with Gasteiger partial charge in [-0.25, -0.2) is 0 Å². The van der Waals surface area contributed by atoms with E-state index in [0.717, 1.165) is 6.54 Å². The van der Waals surface area contributed by atoms with Gasteiger partial charge in [0.2, 0.25) is 0 Å².